The molecule has 0 aliphatic heterocycles. The minimum Gasteiger partial charge on any atom is -0.456 e. The molecule has 262 valence electrons. The van der Waals surface area contributed by atoms with Gasteiger partial charge in [0.25, 0.3) is 0 Å². The van der Waals surface area contributed by atoms with Crippen molar-refractivity contribution >= 4 is 43.7 Å². The van der Waals surface area contributed by atoms with Gasteiger partial charge >= 0.3 is 0 Å². The van der Waals surface area contributed by atoms with Crippen molar-refractivity contribution in [1.82, 2.24) is 19.5 Å². The van der Waals surface area contributed by atoms with Gasteiger partial charge in [-0.1, -0.05) is 152 Å². The fourth-order valence-corrected chi connectivity index (χ4v) is 7.97. The number of nitrogens with zero attached hydrogens (tertiary/aromatic N) is 4. The maximum atomic E-state index is 6.66. The van der Waals surface area contributed by atoms with Crippen LogP contribution in [0, 0.1) is 0 Å². The van der Waals surface area contributed by atoms with Crippen LogP contribution in [0.15, 0.2) is 199 Å². The number of fused-ring (bicyclic) bond motifs is 6. The second kappa shape index (κ2) is 13.0. The summed E-state index contributed by atoms with van der Waals surface area (Å²) in [4.78, 5) is 14.8. The van der Waals surface area contributed by atoms with Crippen molar-refractivity contribution in [2.75, 3.05) is 0 Å². The highest BCUT2D eigenvalue weighted by molar-refractivity contribution is 6.11. The molecule has 0 saturated carbocycles. The highest BCUT2D eigenvalue weighted by atomic mass is 16.3. The van der Waals surface area contributed by atoms with E-state index in [2.05, 4.69) is 132 Å². The van der Waals surface area contributed by atoms with Gasteiger partial charge < -0.3 is 8.98 Å². The molecule has 0 bridgehead atoms. The first-order valence-corrected chi connectivity index (χ1v) is 18.8. The minimum atomic E-state index is 0.594. The van der Waals surface area contributed by atoms with Crippen LogP contribution < -0.4 is 0 Å². The zero-order chi connectivity index (χ0) is 37.0. The number of furan rings is 1. The number of benzene rings is 8. The highest BCUT2D eigenvalue weighted by Gasteiger charge is 2.18. The first-order valence-electron chi connectivity index (χ1n) is 18.8. The van der Waals surface area contributed by atoms with Gasteiger partial charge in [0, 0.05) is 43.8 Å². The number of aromatic nitrogens is 4. The van der Waals surface area contributed by atoms with Crippen LogP contribution in [0.5, 0.6) is 0 Å². The predicted octanol–water partition coefficient (Wildman–Crippen LogP) is 13.2. The van der Waals surface area contributed by atoms with E-state index in [1.54, 1.807) is 0 Å². The lowest BCUT2D eigenvalue weighted by Gasteiger charge is -2.14. The van der Waals surface area contributed by atoms with Gasteiger partial charge in [-0.2, -0.15) is 0 Å². The number of para-hydroxylation sites is 2. The summed E-state index contributed by atoms with van der Waals surface area (Å²) in [5.41, 5.74) is 12.4. The van der Waals surface area contributed by atoms with E-state index in [1.807, 2.05) is 66.7 Å². The second-order valence-corrected chi connectivity index (χ2v) is 14.0. The molecule has 5 nitrogen and oxygen atoms in total. The molecule has 3 heterocycles. The summed E-state index contributed by atoms with van der Waals surface area (Å²) in [5.74, 6) is 1.85. The lowest BCUT2D eigenvalue weighted by molar-refractivity contribution is 0.669. The Kier molecular flexibility index (Phi) is 7.42. The van der Waals surface area contributed by atoms with Gasteiger partial charge in [0.15, 0.2) is 17.5 Å². The van der Waals surface area contributed by atoms with Gasteiger partial charge in [0.05, 0.1) is 16.7 Å². The van der Waals surface area contributed by atoms with Crippen LogP contribution in [0.25, 0.3) is 106 Å². The molecule has 0 radical (unpaired) electrons. The Morgan fingerprint density at radius 1 is 0.321 bits per heavy atom. The Labute approximate surface area is 322 Å². The average Bonchev–Trinajstić information content (AvgIpc) is 3.81. The molecule has 0 amide bonds. The molecule has 0 atom stereocenters. The molecule has 0 N–H and O–H groups in total. The van der Waals surface area contributed by atoms with Crippen LogP contribution >= 0.6 is 0 Å². The van der Waals surface area contributed by atoms with Crippen molar-refractivity contribution < 1.29 is 4.42 Å². The topological polar surface area (TPSA) is 56.7 Å². The van der Waals surface area contributed by atoms with Crippen LogP contribution in [-0.2, 0) is 0 Å². The zero-order valence-corrected chi connectivity index (χ0v) is 30.2. The number of hydrogen-bond donors (Lipinski definition) is 0. The molecule has 0 spiro atoms. The number of hydrogen-bond acceptors (Lipinski definition) is 4. The third-order valence-electron chi connectivity index (χ3n) is 10.7. The van der Waals surface area contributed by atoms with Crippen molar-refractivity contribution in [3.8, 4) is 62.1 Å². The van der Waals surface area contributed by atoms with E-state index in [9.17, 15) is 0 Å². The Balaban J connectivity index is 1.04. The predicted molar refractivity (Wildman–Crippen MR) is 229 cm³/mol. The molecule has 0 aliphatic rings. The standard InChI is InChI=1S/C51H32N4O/c1-4-14-33(15-5-1)36-24-27-41-40-21-11-13-23-45(40)55(46(41)30-36)44-22-12-10-20-39(44)37-25-28-42-43-29-26-38(32-48(43)56-47(42)31-37)51-53-49(34-16-6-2-7-17-34)52-50(54-51)35-18-8-3-9-19-35/h1-32H. The molecule has 0 unspecified atom stereocenters. The van der Waals surface area contributed by atoms with Gasteiger partial charge in [-0.25, -0.2) is 15.0 Å². The van der Waals surface area contributed by atoms with Gasteiger partial charge in [-0.15, -0.1) is 0 Å². The fourth-order valence-electron chi connectivity index (χ4n) is 7.97. The lowest BCUT2D eigenvalue weighted by atomic mass is 10.0. The van der Waals surface area contributed by atoms with Gasteiger partial charge in [0.1, 0.15) is 11.2 Å². The largest absolute Gasteiger partial charge is 0.456 e. The van der Waals surface area contributed by atoms with Gasteiger partial charge in [-0.3, -0.25) is 0 Å². The van der Waals surface area contributed by atoms with Crippen LogP contribution in [0.3, 0.4) is 0 Å². The summed E-state index contributed by atoms with van der Waals surface area (Å²) >= 11 is 0. The van der Waals surface area contributed by atoms with Crippen LogP contribution in [0.2, 0.25) is 0 Å². The molecular formula is C51H32N4O. The molecule has 0 aliphatic carbocycles. The summed E-state index contributed by atoms with van der Waals surface area (Å²) < 4.78 is 9.07. The Bertz CT molecular complexity index is 3180. The van der Waals surface area contributed by atoms with Crippen molar-refractivity contribution in [2.24, 2.45) is 0 Å². The molecular weight excluding hydrogens is 685 g/mol. The third kappa shape index (κ3) is 5.37. The maximum Gasteiger partial charge on any atom is 0.164 e. The van der Waals surface area contributed by atoms with E-state index in [0.717, 1.165) is 55.4 Å². The molecule has 56 heavy (non-hydrogen) atoms. The van der Waals surface area contributed by atoms with Crippen LogP contribution in [-0.4, -0.2) is 19.5 Å². The van der Waals surface area contributed by atoms with E-state index >= 15 is 0 Å². The van der Waals surface area contributed by atoms with E-state index in [4.69, 9.17) is 19.4 Å². The first kappa shape index (κ1) is 31.9. The van der Waals surface area contributed by atoms with Crippen molar-refractivity contribution in [3.05, 3.63) is 194 Å². The maximum absolute atomic E-state index is 6.66. The normalized spacial score (nSPS) is 11.6. The lowest BCUT2D eigenvalue weighted by Crippen LogP contribution is -2.00. The molecule has 11 rings (SSSR count). The van der Waals surface area contributed by atoms with Crippen molar-refractivity contribution in [1.29, 1.82) is 0 Å². The molecule has 8 aromatic carbocycles. The summed E-state index contributed by atoms with van der Waals surface area (Å²) in [6.45, 7) is 0. The minimum absolute atomic E-state index is 0.594. The fraction of sp³-hybridized carbons (Fsp3) is 0. The third-order valence-corrected chi connectivity index (χ3v) is 10.7. The van der Waals surface area contributed by atoms with Crippen LogP contribution in [0.1, 0.15) is 0 Å². The average molecular weight is 717 g/mol. The van der Waals surface area contributed by atoms with Crippen molar-refractivity contribution in [3.63, 3.8) is 0 Å². The molecule has 11 aromatic rings. The number of rotatable bonds is 6. The highest BCUT2D eigenvalue weighted by Crippen LogP contribution is 2.40. The monoisotopic (exact) mass is 716 g/mol. The Morgan fingerprint density at radius 3 is 1.48 bits per heavy atom. The Hall–Kier alpha value is -7.63. The quantitative estimate of drug-likeness (QED) is 0.172. The van der Waals surface area contributed by atoms with E-state index < -0.39 is 0 Å². The zero-order valence-electron chi connectivity index (χ0n) is 30.2. The molecule has 5 heteroatoms. The summed E-state index contributed by atoms with van der Waals surface area (Å²) in [6.07, 6.45) is 0. The molecule has 0 fully saturated rings. The molecule has 3 aromatic heterocycles. The van der Waals surface area contributed by atoms with E-state index in [1.165, 1.54) is 32.9 Å². The van der Waals surface area contributed by atoms with E-state index in [-0.39, 0.29) is 0 Å². The van der Waals surface area contributed by atoms with Gasteiger partial charge in [-0.05, 0) is 59.2 Å². The van der Waals surface area contributed by atoms with E-state index in [0.29, 0.717) is 17.5 Å². The summed E-state index contributed by atoms with van der Waals surface area (Å²) in [7, 11) is 0. The van der Waals surface area contributed by atoms with Crippen LogP contribution in [0.4, 0.5) is 0 Å². The summed E-state index contributed by atoms with van der Waals surface area (Å²) in [6, 6.07) is 67.6. The Morgan fingerprint density at radius 2 is 0.804 bits per heavy atom. The van der Waals surface area contributed by atoms with Gasteiger partial charge in [0.2, 0.25) is 0 Å². The SMILES string of the molecule is c1ccc(-c2ccc3c4ccccc4n(-c4ccccc4-c4ccc5c(c4)oc4cc(-c6nc(-c7ccccc7)nc(-c7ccccc7)n6)ccc45)c3c2)cc1. The van der Waals surface area contributed by atoms with Crippen molar-refractivity contribution in [2.45, 2.75) is 0 Å². The smallest absolute Gasteiger partial charge is 0.164 e. The summed E-state index contributed by atoms with van der Waals surface area (Å²) in [5, 5.41) is 4.55. The first-order chi connectivity index (χ1) is 27.7. The second-order valence-electron chi connectivity index (χ2n) is 14.0. The molecule has 0 saturated heterocycles.